The van der Waals surface area contributed by atoms with Crippen molar-refractivity contribution in [3.05, 3.63) is 12.2 Å². The highest BCUT2D eigenvalue weighted by molar-refractivity contribution is 5.89. The molecule has 4 heterocycles. The minimum absolute atomic E-state index is 0.0462. The van der Waals surface area contributed by atoms with Crippen LogP contribution in [0.2, 0.25) is 0 Å². The molecule has 0 aliphatic carbocycles. The SMILES string of the molecule is CCC1(CC)NC(=O)C2(CC(C)(C)N(CC=CCN3C(C)(C)CC4(CC3(C)C)OC(CC)(CC)NC4=O)C(C)(C)C2)O1. The van der Waals surface area contributed by atoms with Crippen molar-refractivity contribution in [2.75, 3.05) is 13.1 Å². The van der Waals surface area contributed by atoms with Gasteiger partial charge in [-0.1, -0.05) is 39.8 Å². The van der Waals surface area contributed by atoms with Crippen LogP contribution < -0.4 is 10.6 Å². The minimum atomic E-state index is -0.793. The molecule has 0 unspecified atom stereocenters. The van der Waals surface area contributed by atoms with Crippen molar-refractivity contribution in [3.8, 4) is 0 Å². The van der Waals surface area contributed by atoms with Crippen LogP contribution in [0.25, 0.3) is 0 Å². The fourth-order valence-corrected chi connectivity index (χ4v) is 9.43. The van der Waals surface area contributed by atoms with Crippen molar-refractivity contribution in [2.24, 2.45) is 0 Å². The van der Waals surface area contributed by atoms with Gasteiger partial charge in [0.25, 0.3) is 11.8 Å². The van der Waals surface area contributed by atoms with Crippen molar-refractivity contribution < 1.29 is 19.1 Å². The van der Waals surface area contributed by atoms with E-state index in [4.69, 9.17) is 9.47 Å². The van der Waals surface area contributed by atoms with Gasteiger partial charge in [0.05, 0.1) is 0 Å². The first-order valence-electron chi connectivity index (χ1n) is 16.5. The van der Waals surface area contributed by atoms with Crippen molar-refractivity contribution in [1.29, 1.82) is 0 Å². The highest BCUT2D eigenvalue weighted by Gasteiger charge is 2.64. The number of hydrogen-bond acceptors (Lipinski definition) is 6. The number of hydrogen-bond donors (Lipinski definition) is 2. The van der Waals surface area contributed by atoms with E-state index in [2.05, 4.69) is 116 Å². The molecule has 0 aromatic heterocycles. The zero-order valence-corrected chi connectivity index (χ0v) is 28.8. The highest BCUT2D eigenvalue weighted by atomic mass is 16.6. The Bertz CT molecular complexity index is 963. The van der Waals surface area contributed by atoms with Crippen LogP contribution in [0.5, 0.6) is 0 Å². The van der Waals surface area contributed by atoms with E-state index in [0.717, 1.165) is 38.8 Å². The summed E-state index contributed by atoms with van der Waals surface area (Å²) in [6, 6.07) is 0. The summed E-state index contributed by atoms with van der Waals surface area (Å²) in [5, 5.41) is 6.44. The summed E-state index contributed by atoms with van der Waals surface area (Å²) in [5.41, 5.74) is -3.61. The van der Waals surface area contributed by atoms with E-state index in [1.54, 1.807) is 0 Å². The Kier molecular flexibility index (Phi) is 8.40. The van der Waals surface area contributed by atoms with Gasteiger partial charge in [0, 0.05) is 60.9 Å². The molecule has 0 aromatic rings. The van der Waals surface area contributed by atoms with Crippen molar-refractivity contribution in [3.63, 3.8) is 0 Å². The molecule has 4 rings (SSSR count). The maximum absolute atomic E-state index is 13.4. The second-order valence-corrected chi connectivity index (χ2v) is 16.2. The number of likely N-dealkylation sites (tertiary alicyclic amines) is 2. The average Bonchev–Trinajstić information content (AvgIpc) is 3.28. The Morgan fingerprint density at radius 3 is 1.05 bits per heavy atom. The number of nitrogens with zero attached hydrogens (tertiary/aromatic N) is 2. The molecule has 8 nitrogen and oxygen atoms in total. The Balaban J connectivity index is 1.47. The fraction of sp³-hybridized carbons (Fsp3) is 0.882. The largest absolute Gasteiger partial charge is 0.339 e. The van der Waals surface area contributed by atoms with Crippen LogP contribution in [0.3, 0.4) is 0 Å². The maximum atomic E-state index is 13.4. The van der Waals surface area contributed by atoms with Crippen LogP contribution in [0.15, 0.2) is 12.2 Å². The molecular weight excluding hydrogens is 528 g/mol. The number of ether oxygens (including phenoxy) is 2. The fourth-order valence-electron chi connectivity index (χ4n) is 9.43. The standard InChI is InChI=1S/C34H60N4O4/c1-13-33(14-2)35-25(39)31(41-33)21-27(5,6)37(28(7,8)22-31)19-17-18-20-38-29(9,10)23-32(24-30(38,11)12)26(40)36-34(15-3,16-4)42-32/h17-18H,13-16,19-24H2,1-12H3,(H,35,39)(H,36,40). The number of piperidine rings is 2. The lowest BCUT2D eigenvalue weighted by Gasteiger charge is -2.58. The number of carbonyl (C=O) groups is 2. The van der Waals surface area contributed by atoms with E-state index in [1.165, 1.54) is 0 Å². The van der Waals surface area contributed by atoms with Crippen LogP contribution in [0, 0.1) is 0 Å². The molecule has 8 heteroatoms. The monoisotopic (exact) mass is 588 g/mol. The Morgan fingerprint density at radius 2 is 0.833 bits per heavy atom. The Morgan fingerprint density at radius 1 is 0.571 bits per heavy atom. The van der Waals surface area contributed by atoms with E-state index in [0.29, 0.717) is 25.7 Å². The third-order valence-electron chi connectivity index (χ3n) is 11.1. The summed E-state index contributed by atoms with van der Waals surface area (Å²) in [6.45, 7) is 27.9. The Labute approximate surface area is 255 Å². The van der Waals surface area contributed by atoms with Gasteiger partial charge in [-0.2, -0.15) is 0 Å². The van der Waals surface area contributed by atoms with E-state index in [9.17, 15) is 9.59 Å². The normalized spacial score (nSPS) is 30.2. The molecule has 2 spiro atoms. The molecule has 0 atom stereocenters. The van der Waals surface area contributed by atoms with Crippen molar-refractivity contribution in [2.45, 2.75) is 179 Å². The molecule has 4 aliphatic rings. The van der Waals surface area contributed by atoms with Gasteiger partial charge in [0.1, 0.15) is 11.4 Å². The summed E-state index contributed by atoms with van der Waals surface area (Å²) >= 11 is 0. The summed E-state index contributed by atoms with van der Waals surface area (Å²) < 4.78 is 13.4. The zero-order valence-electron chi connectivity index (χ0n) is 28.8. The molecule has 0 radical (unpaired) electrons. The second-order valence-electron chi connectivity index (χ2n) is 16.2. The molecule has 4 fully saturated rings. The molecule has 42 heavy (non-hydrogen) atoms. The van der Waals surface area contributed by atoms with Gasteiger partial charge in [-0.3, -0.25) is 19.4 Å². The van der Waals surface area contributed by atoms with Crippen molar-refractivity contribution in [1.82, 2.24) is 20.4 Å². The zero-order chi connectivity index (χ0) is 31.6. The Hall–Kier alpha value is -1.48. The third-order valence-corrected chi connectivity index (χ3v) is 11.1. The first-order valence-corrected chi connectivity index (χ1v) is 16.5. The predicted octanol–water partition coefficient (Wildman–Crippen LogP) is 5.65. The van der Waals surface area contributed by atoms with Crippen molar-refractivity contribution >= 4 is 11.8 Å². The van der Waals surface area contributed by atoms with Crippen LogP contribution in [-0.2, 0) is 19.1 Å². The molecule has 4 saturated heterocycles. The van der Waals surface area contributed by atoms with E-state index >= 15 is 0 Å². The highest BCUT2D eigenvalue weighted by Crippen LogP contribution is 2.51. The summed E-state index contributed by atoms with van der Waals surface area (Å²) in [7, 11) is 0. The number of nitrogens with one attached hydrogen (secondary N) is 2. The van der Waals surface area contributed by atoms with Crippen LogP contribution in [-0.4, -0.2) is 79.5 Å². The van der Waals surface area contributed by atoms with Crippen LogP contribution in [0.4, 0.5) is 0 Å². The second kappa shape index (κ2) is 10.6. The van der Waals surface area contributed by atoms with Gasteiger partial charge < -0.3 is 20.1 Å². The summed E-state index contributed by atoms with van der Waals surface area (Å²) in [4.78, 5) is 31.9. The quantitative estimate of drug-likeness (QED) is 0.357. The van der Waals surface area contributed by atoms with Gasteiger partial charge in [0.15, 0.2) is 11.2 Å². The van der Waals surface area contributed by atoms with Gasteiger partial charge in [-0.05, 0) is 81.1 Å². The summed E-state index contributed by atoms with van der Waals surface area (Å²) in [5.74, 6) is 0.0924. The van der Waals surface area contributed by atoms with Gasteiger partial charge >= 0.3 is 0 Å². The topological polar surface area (TPSA) is 83.1 Å². The molecule has 0 saturated carbocycles. The number of carbonyl (C=O) groups excluding carboxylic acids is 2. The van der Waals surface area contributed by atoms with E-state index in [-0.39, 0.29) is 34.0 Å². The molecule has 2 N–H and O–H groups in total. The first kappa shape index (κ1) is 33.4. The molecule has 0 bridgehead atoms. The molecule has 240 valence electrons. The number of amides is 2. The lowest BCUT2D eigenvalue weighted by molar-refractivity contribution is -0.187. The smallest absolute Gasteiger partial charge is 0.254 e. The molecule has 4 aliphatic heterocycles. The molecular formula is C34H60N4O4. The molecule has 0 aromatic carbocycles. The van der Waals surface area contributed by atoms with E-state index < -0.39 is 22.7 Å². The van der Waals surface area contributed by atoms with Crippen LogP contribution in [0.1, 0.15) is 134 Å². The lowest BCUT2D eigenvalue weighted by Crippen LogP contribution is -2.67. The first-order chi connectivity index (χ1) is 19.2. The summed E-state index contributed by atoms with van der Waals surface area (Å²) in [6.07, 6.45) is 10.3. The third kappa shape index (κ3) is 5.48. The number of rotatable bonds is 8. The minimum Gasteiger partial charge on any atom is -0.339 e. The maximum Gasteiger partial charge on any atom is 0.254 e. The van der Waals surface area contributed by atoms with E-state index in [1.807, 2.05) is 0 Å². The van der Waals surface area contributed by atoms with Crippen LogP contribution >= 0.6 is 0 Å². The van der Waals surface area contributed by atoms with Gasteiger partial charge in [-0.25, -0.2) is 0 Å². The predicted molar refractivity (Wildman–Crippen MR) is 168 cm³/mol. The molecule has 2 amide bonds. The average molecular weight is 589 g/mol. The van der Waals surface area contributed by atoms with Gasteiger partial charge in [0.2, 0.25) is 0 Å². The lowest BCUT2D eigenvalue weighted by atomic mass is 9.70. The van der Waals surface area contributed by atoms with Gasteiger partial charge in [-0.15, -0.1) is 0 Å².